The number of carbonyl (C=O) groups excluding carboxylic acids is 2. The van der Waals surface area contributed by atoms with Crippen LogP contribution < -0.4 is 10.3 Å². The van der Waals surface area contributed by atoms with Gasteiger partial charge >= 0.3 is 0 Å². The summed E-state index contributed by atoms with van der Waals surface area (Å²) in [5.74, 6) is -0.619. The molecule has 1 atom stereocenters. The second kappa shape index (κ2) is 10.5. The van der Waals surface area contributed by atoms with E-state index < -0.39 is 11.2 Å². The van der Waals surface area contributed by atoms with E-state index in [1.165, 1.54) is 16.7 Å². The Hall–Kier alpha value is -2.64. The lowest BCUT2D eigenvalue weighted by Gasteiger charge is -2.32. The van der Waals surface area contributed by atoms with E-state index in [0.29, 0.717) is 30.2 Å². The SMILES string of the molecule is CN1CCN(NC(=O)/C(C#N)=C2/SC(Cc3ccc(Br)cc3)C(=O)N2c2ccccc2)CC1. The smallest absolute Gasteiger partial charge is 0.278 e. The summed E-state index contributed by atoms with van der Waals surface area (Å²) in [6.45, 7) is 3.02. The first-order valence-corrected chi connectivity index (χ1v) is 12.3. The van der Waals surface area contributed by atoms with Crippen LogP contribution in [0.5, 0.6) is 0 Å². The summed E-state index contributed by atoms with van der Waals surface area (Å²) in [5.41, 5.74) is 4.46. The largest absolute Gasteiger partial charge is 0.304 e. The quantitative estimate of drug-likeness (QED) is 0.477. The zero-order valence-electron chi connectivity index (χ0n) is 18.2. The van der Waals surface area contributed by atoms with Gasteiger partial charge in [-0.15, -0.1) is 0 Å². The van der Waals surface area contributed by atoms with E-state index >= 15 is 0 Å². The molecule has 2 aliphatic heterocycles. The van der Waals surface area contributed by atoms with Crippen LogP contribution in [0.15, 0.2) is 69.7 Å². The van der Waals surface area contributed by atoms with Crippen molar-refractivity contribution >= 4 is 45.2 Å². The van der Waals surface area contributed by atoms with Gasteiger partial charge in [-0.3, -0.25) is 19.9 Å². The molecule has 2 aromatic rings. The third kappa shape index (κ3) is 5.47. The molecule has 0 saturated carbocycles. The van der Waals surface area contributed by atoms with Crippen LogP contribution in [0.1, 0.15) is 5.56 Å². The average molecular weight is 526 g/mol. The third-order valence-electron chi connectivity index (χ3n) is 5.62. The van der Waals surface area contributed by atoms with Crippen LogP contribution in [0, 0.1) is 11.3 Å². The van der Waals surface area contributed by atoms with Crippen molar-refractivity contribution in [2.45, 2.75) is 11.7 Å². The van der Waals surface area contributed by atoms with Gasteiger partial charge in [0.15, 0.2) is 0 Å². The van der Waals surface area contributed by atoms with E-state index in [-0.39, 0.29) is 11.5 Å². The van der Waals surface area contributed by atoms with Gasteiger partial charge in [0.1, 0.15) is 16.7 Å². The zero-order chi connectivity index (χ0) is 23.4. The molecule has 2 heterocycles. The fourth-order valence-electron chi connectivity index (χ4n) is 3.75. The number of likely N-dealkylation sites (N-methyl/N-ethyl adjacent to an activating group) is 1. The molecule has 7 nitrogen and oxygen atoms in total. The molecule has 9 heteroatoms. The highest BCUT2D eigenvalue weighted by Crippen LogP contribution is 2.41. The van der Waals surface area contributed by atoms with Crippen molar-refractivity contribution in [3.8, 4) is 6.07 Å². The first-order chi connectivity index (χ1) is 16.0. The van der Waals surface area contributed by atoms with Crippen molar-refractivity contribution < 1.29 is 9.59 Å². The standard InChI is InChI=1S/C24H24BrN5O2S/c1-28-11-13-29(14-12-28)27-22(31)20(16-26)24-30(19-5-3-2-4-6-19)23(32)21(33-24)15-17-7-9-18(25)10-8-17/h2-10,21H,11-15H2,1H3,(H,27,31)/b24-20+. The van der Waals surface area contributed by atoms with Crippen LogP contribution in [-0.2, 0) is 16.0 Å². The number of anilines is 1. The molecule has 2 saturated heterocycles. The molecule has 170 valence electrons. The molecule has 0 spiro atoms. The van der Waals surface area contributed by atoms with Crippen LogP contribution in [0.4, 0.5) is 5.69 Å². The van der Waals surface area contributed by atoms with Crippen LogP contribution >= 0.6 is 27.7 Å². The first-order valence-electron chi connectivity index (χ1n) is 10.6. The number of halogens is 1. The maximum absolute atomic E-state index is 13.5. The Morgan fingerprint density at radius 1 is 1.12 bits per heavy atom. The fourth-order valence-corrected chi connectivity index (χ4v) is 5.32. The molecule has 2 fully saturated rings. The van der Waals surface area contributed by atoms with Crippen molar-refractivity contribution in [2.24, 2.45) is 0 Å². The van der Waals surface area contributed by atoms with Gasteiger partial charge < -0.3 is 4.90 Å². The molecule has 0 radical (unpaired) electrons. The molecule has 1 N–H and O–H groups in total. The number of benzene rings is 2. The van der Waals surface area contributed by atoms with Crippen molar-refractivity contribution in [1.29, 1.82) is 5.26 Å². The second-order valence-electron chi connectivity index (χ2n) is 7.97. The molecule has 1 unspecified atom stereocenters. The van der Waals surface area contributed by atoms with E-state index in [0.717, 1.165) is 23.1 Å². The van der Waals surface area contributed by atoms with E-state index in [1.807, 2.05) is 66.7 Å². The minimum absolute atomic E-state index is 0.0468. The molecule has 2 aliphatic rings. The lowest BCUT2D eigenvalue weighted by atomic mass is 10.1. The number of para-hydroxylation sites is 1. The van der Waals surface area contributed by atoms with Gasteiger partial charge in [0.05, 0.1) is 5.25 Å². The van der Waals surface area contributed by atoms with E-state index in [9.17, 15) is 14.9 Å². The number of amides is 2. The lowest BCUT2D eigenvalue weighted by molar-refractivity contribution is -0.122. The topological polar surface area (TPSA) is 79.7 Å². The Labute approximate surface area is 206 Å². The number of hydrogen-bond donors (Lipinski definition) is 1. The highest BCUT2D eigenvalue weighted by atomic mass is 79.9. The van der Waals surface area contributed by atoms with Gasteiger partial charge in [0.25, 0.3) is 5.91 Å². The third-order valence-corrected chi connectivity index (χ3v) is 7.41. The van der Waals surface area contributed by atoms with Crippen molar-refractivity contribution in [3.63, 3.8) is 0 Å². The lowest BCUT2D eigenvalue weighted by Crippen LogP contribution is -2.53. The van der Waals surface area contributed by atoms with Crippen LogP contribution in [0.2, 0.25) is 0 Å². The number of rotatable bonds is 5. The average Bonchev–Trinajstić information content (AvgIpc) is 3.13. The summed E-state index contributed by atoms with van der Waals surface area (Å²) in [4.78, 5) is 30.2. The monoisotopic (exact) mass is 525 g/mol. The number of hydrogen-bond acceptors (Lipinski definition) is 6. The van der Waals surface area contributed by atoms with Crippen LogP contribution in [0.3, 0.4) is 0 Å². The summed E-state index contributed by atoms with van der Waals surface area (Å²) < 4.78 is 0.968. The predicted molar refractivity (Wildman–Crippen MR) is 133 cm³/mol. The Morgan fingerprint density at radius 3 is 2.42 bits per heavy atom. The number of nitriles is 1. The maximum Gasteiger partial charge on any atom is 0.278 e. The van der Waals surface area contributed by atoms with E-state index in [1.54, 1.807) is 0 Å². The minimum Gasteiger partial charge on any atom is -0.304 e. The van der Waals surface area contributed by atoms with Crippen molar-refractivity contribution in [2.75, 3.05) is 38.1 Å². The van der Waals surface area contributed by atoms with Crippen molar-refractivity contribution in [1.82, 2.24) is 15.3 Å². The van der Waals surface area contributed by atoms with Crippen LogP contribution in [0.25, 0.3) is 0 Å². The molecular weight excluding hydrogens is 502 g/mol. The predicted octanol–water partition coefficient (Wildman–Crippen LogP) is 3.15. The van der Waals surface area contributed by atoms with E-state index in [2.05, 4.69) is 32.3 Å². The van der Waals surface area contributed by atoms with Gasteiger partial charge in [-0.1, -0.05) is 58.0 Å². The fraction of sp³-hybridized carbons (Fsp3) is 0.292. The molecule has 33 heavy (non-hydrogen) atoms. The summed E-state index contributed by atoms with van der Waals surface area (Å²) in [7, 11) is 2.03. The number of nitrogens with zero attached hydrogens (tertiary/aromatic N) is 4. The summed E-state index contributed by atoms with van der Waals surface area (Å²) in [6, 6.07) is 19.0. The first kappa shape index (κ1) is 23.5. The maximum atomic E-state index is 13.5. The normalized spacial score (nSPS) is 21.1. The molecular formula is C24H24BrN5O2S. The van der Waals surface area contributed by atoms with E-state index in [4.69, 9.17) is 0 Å². The summed E-state index contributed by atoms with van der Waals surface area (Å²) in [6.07, 6.45) is 0.502. The van der Waals surface area contributed by atoms with Gasteiger partial charge in [-0.25, -0.2) is 5.01 Å². The number of hydrazine groups is 1. The number of nitrogens with one attached hydrogen (secondary N) is 1. The molecule has 0 bridgehead atoms. The van der Waals surface area contributed by atoms with Crippen LogP contribution in [-0.4, -0.2) is 60.2 Å². The Kier molecular flexibility index (Phi) is 7.50. The van der Waals surface area contributed by atoms with Gasteiger partial charge in [0.2, 0.25) is 5.91 Å². The number of carbonyl (C=O) groups is 2. The zero-order valence-corrected chi connectivity index (χ0v) is 20.6. The molecule has 4 rings (SSSR count). The highest BCUT2D eigenvalue weighted by molar-refractivity contribution is 9.10. The molecule has 0 aromatic heterocycles. The minimum atomic E-state index is -0.484. The Morgan fingerprint density at radius 2 is 1.79 bits per heavy atom. The molecule has 2 amide bonds. The Bertz CT molecular complexity index is 1090. The molecule has 2 aromatic carbocycles. The molecule has 0 aliphatic carbocycles. The van der Waals surface area contributed by atoms with Gasteiger partial charge in [-0.2, -0.15) is 5.26 Å². The summed E-state index contributed by atoms with van der Waals surface area (Å²) in [5, 5.41) is 11.7. The van der Waals surface area contributed by atoms with Gasteiger partial charge in [0, 0.05) is 36.3 Å². The highest BCUT2D eigenvalue weighted by Gasteiger charge is 2.41. The Balaban J connectivity index is 1.63. The number of piperazine rings is 1. The second-order valence-corrected chi connectivity index (χ2v) is 10.1. The van der Waals surface area contributed by atoms with Crippen molar-refractivity contribution in [3.05, 3.63) is 75.2 Å². The van der Waals surface area contributed by atoms with Gasteiger partial charge in [-0.05, 0) is 43.3 Å². The number of thioether (sulfide) groups is 1. The summed E-state index contributed by atoms with van der Waals surface area (Å²) >= 11 is 4.71.